The molecule has 1 fully saturated rings. The number of likely N-dealkylation sites (tertiary alicyclic amines) is 1. The van der Waals surface area contributed by atoms with Crippen LogP contribution in [-0.2, 0) is 0 Å². The van der Waals surface area contributed by atoms with Gasteiger partial charge in [0.15, 0.2) is 11.6 Å². The topological polar surface area (TPSA) is 89.5 Å². The number of benzene rings is 4. The molecule has 43 heavy (non-hydrogen) atoms. The molecule has 0 saturated carbocycles. The number of carbonyl (C=O) groups is 1. The van der Waals surface area contributed by atoms with E-state index in [-0.39, 0.29) is 11.7 Å². The summed E-state index contributed by atoms with van der Waals surface area (Å²) in [5.74, 6) is 0.00229. The number of esters is 1. The van der Waals surface area contributed by atoms with Gasteiger partial charge in [0, 0.05) is 22.8 Å². The summed E-state index contributed by atoms with van der Waals surface area (Å²) in [4.78, 5) is 19.5. The summed E-state index contributed by atoms with van der Waals surface area (Å²) < 4.78 is 26.8. The fourth-order valence-electron chi connectivity index (χ4n) is 5.07. The van der Waals surface area contributed by atoms with Crippen LogP contribution in [0, 0.1) is 12.7 Å². The molecule has 2 heterocycles. The Labute approximate surface area is 257 Å². The van der Waals surface area contributed by atoms with Gasteiger partial charge in [0.25, 0.3) is 0 Å². The fourth-order valence-corrected chi connectivity index (χ4v) is 5.54. The van der Waals surface area contributed by atoms with Gasteiger partial charge in [-0.1, -0.05) is 34.1 Å². The molecule has 0 atom stereocenters. The van der Waals surface area contributed by atoms with Crippen LogP contribution in [0.25, 0.3) is 22.2 Å². The van der Waals surface area contributed by atoms with Gasteiger partial charge in [0.2, 0.25) is 5.95 Å². The fraction of sp³-hybridized carbons (Fsp3) is 0.212. The van der Waals surface area contributed by atoms with Crippen molar-refractivity contribution < 1.29 is 18.7 Å². The van der Waals surface area contributed by atoms with Crippen LogP contribution in [0.3, 0.4) is 0 Å². The van der Waals surface area contributed by atoms with Crippen molar-refractivity contribution in [3.63, 3.8) is 0 Å². The first kappa shape index (κ1) is 28.7. The van der Waals surface area contributed by atoms with Crippen LogP contribution < -0.4 is 14.8 Å². The molecule has 0 amide bonds. The SMILES string of the molecule is Cc1cc(-c2cc(OC(=O)c3ccccc3)ccc2Br)cc2nnc(Nc3ccc(OCCN4CCCC4)c(F)c3)nc12. The minimum atomic E-state index is -0.455. The number of nitrogens with zero attached hydrogens (tertiary/aromatic N) is 4. The molecule has 8 nitrogen and oxygen atoms in total. The normalized spacial score (nSPS) is 13.3. The molecule has 0 unspecified atom stereocenters. The molecule has 1 aliphatic heterocycles. The van der Waals surface area contributed by atoms with E-state index in [4.69, 9.17) is 9.47 Å². The summed E-state index contributed by atoms with van der Waals surface area (Å²) in [5.41, 5.74) is 4.76. The number of hydrogen-bond donors (Lipinski definition) is 1. The largest absolute Gasteiger partial charge is 0.489 e. The van der Waals surface area contributed by atoms with E-state index in [9.17, 15) is 9.18 Å². The third-order valence-electron chi connectivity index (χ3n) is 7.27. The molecule has 1 saturated heterocycles. The van der Waals surface area contributed by atoms with E-state index in [1.165, 1.54) is 18.9 Å². The maximum atomic E-state index is 14.7. The van der Waals surface area contributed by atoms with Crippen molar-refractivity contribution in [2.24, 2.45) is 0 Å². The van der Waals surface area contributed by atoms with Crippen molar-refractivity contribution >= 4 is 44.6 Å². The summed E-state index contributed by atoms with van der Waals surface area (Å²) in [6.07, 6.45) is 2.42. The maximum Gasteiger partial charge on any atom is 0.343 e. The molecule has 1 aromatic heterocycles. The Morgan fingerprint density at radius 2 is 1.81 bits per heavy atom. The predicted octanol–water partition coefficient (Wildman–Crippen LogP) is 7.34. The highest BCUT2D eigenvalue weighted by atomic mass is 79.9. The van der Waals surface area contributed by atoms with Crippen LogP contribution >= 0.6 is 15.9 Å². The number of carbonyl (C=O) groups excluding carboxylic acids is 1. The second-order valence-corrected chi connectivity index (χ2v) is 11.2. The zero-order valence-electron chi connectivity index (χ0n) is 23.5. The Morgan fingerprint density at radius 1 is 1.00 bits per heavy atom. The monoisotopic (exact) mass is 641 g/mol. The number of halogens is 2. The molecule has 0 aliphatic carbocycles. The summed E-state index contributed by atoms with van der Waals surface area (Å²) in [7, 11) is 0. The number of aryl methyl sites for hydroxylation is 1. The van der Waals surface area contributed by atoms with Crippen LogP contribution in [-0.4, -0.2) is 52.3 Å². The van der Waals surface area contributed by atoms with Crippen LogP contribution in [0.5, 0.6) is 11.5 Å². The zero-order valence-corrected chi connectivity index (χ0v) is 25.1. The zero-order chi connectivity index (χ0) is 29.8. The lowest BCUT2D eigenvalue weighted by Crippen LogP contribution is -2.25. The van der Waals surface area contributed by atoms with E-state index in [1.54, 1.807) is 48.5 Å². The number of aromatic nitrogens is 3. The average Bonchev–Trinajstić information content (AvgIpc) is 3.53. The third kappa shape index (κ3) is 6.81. The molecule has 1 aliphatic rings. The Morgan fingerprint density at radius 3 is 2.60 bits per heavy atom. The molecule has 10 heteroatoms. The van der Waals surface area contributed by atoms with Gasteiger partial charge in [-0.2, -0.15) is 0 Å². The van der Waals surface area contributed by atoms with Gasteiger partial charge in [-0.3, -0.25) is 4.90 Å². The Hall–Kier alpha value is -4.41. The predicted molar refractivity (Wildman–Crippen MR) is 167 cm³/mol. The molecule has 0 radical (unpaired) electrons. The first-order chi connectivity index (χ1) is 20.9. The van der Waals surface area contributed by atoms with E-state index in [0.29, 0.717) is 34.6 Å². The van der Waals surface area contributed by atoms with Crippen LogP contribution in [0.1, 0.15) is 28.8 Å². The first-order valence-electron chi connectivity index (χ1n) is 14.1. The molecule has 5 aromatic rings. The molecule has 4 aromatic carbocycles. The number of hydrogen-bond acceptors (Lipinski definition) is 8. The van der Waals surface area contributed by atoms with Gasteiger partial charge in [-0.25, -0.2) is 14.2 Å². The van der Waals surface area contributed by atoms with Gasteiger partial charge in [-0.15, -0.1) is 10.2 Å². The van der Waals surface area contributed by atoms with Crippen molar-refractivity contribution in [2.75, 3.05) is 31.6 Å². The van der Waals surface area contributed by atoms with Gasteiger partial charge < -0.3 is 14.8 Å². The van der Waals surface area contributed by atoms with Crippen LogP contribution in [0.4, 0.5) is 16.0 Å². The van der Waals surface area contributed by atoms with E-state index < -0.39 is 11.8 Å². The summed E-state index contributed by atoms with van der Waals surface area (Å²) >= 11 is 3.61. The second kappa shape index (κ2) is 12.8. The van der Waals surface area contributed by atoms with E-state index in [0.717, 1.165) is 40.8 Å². The molecule has 1 N–H and O–H groups in total. The van der Waals surface area contributed by atoms with Crippen LogP contribution in [0.15, 0.2) is 83.3 Å². The van der Waals surface area contributed by atoms with Gasteiger partial charge in [-0.05, 0) is 104 Å². The number of ether oxygens (including phenoxy) is 2. The van der Waals surface area contributed by atoms with E-state index in [2.05, 4.69) is 41.3 Å². The van der Waals surface area contributed by atoms with Gasteiger partial charge >= 0.3 is 5.97 Å². The smallest absolute Gasteiger partial charge is 0.343 e. The summed E-state index contributed by atoms with van der Waals surface area (Å²) in [5, 5.41) is 11.7. The van der Waals surface area contributed by atoms with Gasteiger partial charge in [0.1, 0.15) is 17.9 Å². The standard InChI is InChI=1S/C33H29BrFN5O3/c1-21-17-23(26-20-25(10-11-27(26)34)43-32(41)22-7-3-2-4-8-22)18-29-31(21)37-33(39-38-29)36-24-9-12-30(28(35)19-24)42-16-15-40-13-5-6-14-40/h2-4,7-12,17-20H,5-6,13-16H2,1H3,(H,36,37,39). The van der Waals surface area contributed by atoms with Crippen molar-refractivity contribution in [1.29, 1.82) is 0 Å². The molecular weight excluding hydrogens is 613 g/mol. The van der Waals surface area contributed by atoms with E-state index in [1.807, 2.05) is 31.2 Å². The highest BCUT2D eigenvalue weighted by Gasteiger charge is 2.15. The third-order valence-corrected chi connectivity index (χ3v) is 7.96. The number of rotatable bonds is 9. The Balaban J connectivity index is 1.17. The minimum Gasteiger partial charge on any atom is -0.489 e. The first-order valence-corrected chi connectivity index (χ1v) is 14.9. The lowest BCUT2D eigenvalue weighted by Gasteiger charge is -2.15. The summed E-state index contributed by atoms with van der Waals surface area (Å²) in [6.45, 7) is 5.33. The summed E-state index contributed by atoms with van der Waals surface area (Å²) in [6, 6.07) is 22.8. The lowest BCUT2D eigenvalue weighted by molar-refractivity contribution is 0.0735. The average molecular weight is 643 g/mol. The highest BCUT2D eigenvalue weighted by Crippen LogP contribution is 2.34. The quantitative estimate of drug-likeness (QED) is 0.132. The molecule has 0 bridgehead atoms. The van der Waals surface area contributed by atoms with E-state index >= 15 is 0 Å². The minimum absolute atomic E-state index is 0.218. The van der Waals surface area contributed by atoms with Crippen molar-refractivity contribution in [3.8, 4) is 22.6 Å². The van der Waals surface area contributed by atoms with Crippen molar-refractivity contribution in [1.82, 2.24) is 20.1 Å². The molecular formula is C33H29BrFN5O3. The van der Waals surface area contributed by atoms with Crippen LogP contribution in [0.2, 0.25) is 0 Å². The number of fused-ring (bicyclic) bond motifs is 1. The second-order valence-electron chi connectivity index (χ2n) is 10.4. The molecule has 6 rings (SSSR count). The Kier molecular flexibility index (Phi) is 8.57. The Bertz CT molecular complexity index is 1780. The lowest BCUT2D eigenvalue weighted by atomic mass is 10.0. The number of nitrogens with one attached hydrogen (secondary N) is 1. The van der Waals surface area contributed by atoms with Crippen molar-refractivity contribution in [3.05, 3.63) is 100 Å². The van der Waals surface area contributed by atoms with Crippen molar-refractivity contribution in [2.45, 2.75) is 19.8 Å². The van der Waals surface area contributed by atoms with Gasteiger partial charge in [0.05, 0.1) is 11.1 Å². The molecule has 218 valence electrons. The highest BCUT2D eigenvalue weighted by molar-refractivity contribution is 9.10. The maximum absolute atomic E-state index is 14.7. The number of anilines is 2. The molecule has 0 spiro atoms.